The van der Waals surface area contributed by atoms with E-state index in [9.17, 15) is 4.39 Å². The second-order valence-corrected chi connectivity index (χ2v) is 5.56. The maximum absolute atomic E-state index is 13.8. The molecule has 0 spiro atoms. The van der Waals surface area contributed by atoms with E-state index >= 15 is 0 Å². The Morgan fingerprint density at radius 3 is 2.67 bits per heavy atom. The van der Waals surface area contributed by atoms with Crippen molar-refractivity contribution in [2.75, 3.05) is 7.11 Å². The fourth-order valence-electron chi connectivity index (χ4n) is 3.07. The van der Waals surface area contributed by atoms with Crippen molar-refractivity contribution in [2.24, 2.45) is 0 Å². The molecule has 3 rings (SSSR count). The lowest BCUT2D eigenvalue weighted by molar-refractivity contribution is 0.414. The van der Waals surface area contributed by atoms with E-state index < -0.39 is 0 Å². The lowest BCUT2D eigenvalue weighted by Crippen LogP contribution is -2.23. The topological polar surface area (TPSA) is 21.3 Å². The predicted octanol–water partition coefficient (Wildman–Crippen LogP) is 4.17. The second kappa shape index (κ2) is 5.86. The van der Waals surface area contributed by atoms with Crippen LogP contribution in [0.5, 0.6) is 5.75 Å². The molecule has 0 bridgehead atoms. The molecule has 0 saturated heterocycles. The highest BCUT2D eigenvalue weighted by atomic mass is 19.1. The number of fused-ring (bicyclic) bond motifs is 1. The highest BCUT2D eigenvalue weighted by Crippen LogP contribution is 2.34. The summed E-state index contributed by atoms with van der Waals surface area (Å²) in [6.45, 7) is 2.14. The van der Waals surface area contributed by atoms with Gasteiger partial charge in [0.1, 0.15) is 11.6 Å². The quantitative estimate of drug-likeness (QED) is 0.910. The van der Waals surface area contributed by atoms with E-state index in [1.807, 2.05) is 18.2 Å². The van der Waals surface area contributed by atoms with Gasteiger partial charge in [-0.1, -0.05) is 24.3 Å². The lowest BCUT2D eigenvalue weighted by Gasteiger charge is -2.21. The van der Waals surface area contributed by atoms with E-state index in [1.165, 1.54) is 5.56 Å². The van der Waals surface area contributed by atoms with Gasteiger partial charge in [0.25, 0.3) is 0 Å². The molecule has 2 nitrogen and oxygen atoms in total. The Morgan fingerprint density at radius 2 is 1.95 bits per heavy atom. The molecule has 1 aliphatic carbocycles. The molecule has 1 unspecified atom stereocenters. The van der Waals surface area contributed by atoms with Crippen molar-refractivity contribution in [1.82, 2.24) is 5.32 Å². The third-order valence-corrected chi connectivity index (χ3v) is 4.28. The molecule has 0 aliphatic heterocycles. The number of halogens is 1. The molecule has 21 heavy (non-hydrogen) atoms. The summed E-state index contributed by atoms with van der Waals surface area (Å²) in [6, 6.07) is 13.9. The Hall–Kier alpha value is -1.87. The average Bonchev–Trinajstić information content (AvgIpc) is 2.92. The minimum atomic E-state index is -0.0751. The molecule has 0 heterocycles. The number of hydrogen-bond donors (Lipinski definition) is 1. The van der Waals surface area contributed by atoms with Gasteiger partial charge < -0.3 is 10.1 Å². The largest absolute Gasteiger partial charge is 0.497 e. The predicted molar refractivity (Wildman–Crippen MR) is 82.0 cm³/mol. The van der Waals surface area contributed by atoms with Crippen molar-refractivity contribution < 1.29 is 9.13 Å². The van der Waals surface area contributed by atoms with Crippen LogP contribution < -0.4 is 10.1 Å². The first-order valence-corrected chi connectivity index (χ1v) is 7.36. The molecule has 2 atom stereocenters. The van der Waals surface area contributed by atoms with Crippen LogP contribution >= 0.6 is 0 Å². The summed E-state index contributed by atoms with van der Waals surface area (Å²) in [5.74, 6) is 0.785. The van der Waals surface area contributed by atoms with Crippen molar-refractivity contribution in [2.45, 2.75) is 31.8 Å². The van der Waals surface area contributed by atoms with Crippen LogP contribution in [0, 0.1) is 5.82 Å². The summed E-state index contributed by atoms with van der Waals surface area (Å²) in [5, 5.41) is 3.61. The van der Waals surface area contributed by atoms with E-state index in [0.717, 1.165) is 29.7 Å². The maximum Gasteiger partial charge on any atom is 0.126 e. The van der Waals surface area contributed by atoms with Gasteiger partial charge in [0, 0.05) is 12.1 Å². The van der Waals surface area contributed by atoms with E-state index in [0.29, 0.717) is 0 Å². The van der Waals surface area contributed by atoms with Gasteiger partial charge in [-0.2, -0.15) is 0 Å². The van der Waals surface area contributed by atoms with Crippen molar-refractivity contribution in [3.05, 3.63) is 65.0 Å². The van der Waals surface area contributed by atoms with Gasteiger partial charge in [0.05, 0.1) is 7.11 Å². The molecule has 1 N–H and O–H groups in total. The molecular formula is C18H20FNO. The van der Waals surface area contributed by atoms with Gasteiger partial charge in [-0.3, -0.25) is 0 Å². The van der Waals surface area contributed by atoms with Crippen molar-refractivity contribution in [3.63, 3.8) is 0 Å². The number of benzene rings is 2. The molecule has 3 heteroatoms. The normalized spacial score (nSPS) is 18.3. The van der Waals surface area contributed by atoms with Crippen LogP contribution in [0.3, 0.4) is 0 Å². The first-order valence-electron chi connectivity index (χ1n) is 7.36. The summed E-state index contributed by atoms with van der Waals surface area (Å²) < 4.78 is 18.9. The third kappa shape index (κ3) is 2.79. The maximum atomic E-state index is 13.8. The Morgan fingerprint density at radius 1 is 1.19 bits per heavy atom. The smallest absolute Gasteiger partial charge is 0.126 e. The highest BCUT2D eigenvalue weighted by Gasteiger charge is 2.25. The summed E-state index contributed by atoms with van der Waals surface area (Å²) >= 11 is 0. The Labute approximate surface area is 125 Å². The van der Waals surface area contributed by atoms with Crippen LogP contribution in [-0.2, 0) is 6.42 Å². The van der Waals surface area contributed by atoms with E-state index in [-0.39, 0.29) is 17.9 Å². The molecular weight excluding hydrogens is 265 g/mol. The molecule has 0 aromatic heterocycles. The van der Waals surface area contributed by atoms with Crippen LogP contribution in [-0.4, -0.2) is 7.11 Å². The van der Waals surface area contributed by atoms with Crippen LogP contribution in [0.1, 0.15) is 42.1 Å². The van der Waals surface area contributed by atoms with Gasteiger partial charge in [-0.25, -0.2) is 4.39 Å². The van der Waals surface area contributed by atoms with Gasteiger partial charge in [0.2, 0.25) is 0 Å². The van der Waals surface area contributed by atoms with Gasteiger partial charge in [-0.15, -0.1) is 0 Å². The van der Waals surface area contributed by atoms with Gasteiger partial charge in [0.15, 0.2) is 0 Å². The van der Waals surface area contributed by atoms with Gasteiger partial charge >= 0.3 is 0 Å². The first kappa shape index (κ1) is 14.1. The molecule has 110 valence electrons. The monoisotopic (exact) mass is 285 g/mol. The zero-order chi connectivity index (χ0) is 14.8. The van der Waals surface area contributed by atoms with E-state index in [1.54, 1.807) is 19.2 Å². The zero-order valence-electron chi connectivity index (χ0n) is 12.4. The van der Waals surface area contributed by atoms with Crippen LogP contribution in [0.15, 0.2) is 42.5 Å². The fourth-order valence-corrected chi connectivity index (χ4v) is 3.07. The number of ether oxygens (including phenoxy) is 1. The van der Waals surface area contributed by atoms with E-state index in [4.69, 9.17) is 4.74 Å². The second-order valence-electron chi connectivity index (χ2n) is 5.56. The fraction of sp³-hybridized carbons (Fsp3) is 0.333. The average molecular weight is 285 g/mol. The van der Waals surface area contributed by atoms with E-state index in [2.05, 4.69) is 24.4 Å². The van der Waals surface area contributed by atoms with Crippen LogP contribution in [0.25, 0.3) is 0 Å². The molecule has 1 aliphatic rings. The van der Waals surface area contributed by atoms with Crippen LogP contribution in [0.2, 0.25) is 0 Å². The minimum Gasteiger partial charge on any atom is -0.497 e. The number of nitrogens with one attached hydrogen (secondary N) is 1. The molecule has 2 aromatic carbocycles. The Bertz CT molecular complexity index is 624. The number of hydrogen-bond acceptors (Lipinski definition) is 2. The number of rotatable bonds is 4. The summed E-state index contributed by atoms with van der Waals surface area (Å²) in [6.07, 6.45) is 1.77. The summed E-state index contributed by atoms with van der Waals surface area (Å²) in [5.41, 5.74) is 3.19. The van der Waals surface area contributed by atoms with Gasteiger partial charge in [-0.05, 0) is 54.7 Å². The first-order chi connectivity index (χ1) is 10.2. The minimum absolute atomic E-state index is 0.0751. The molecule has 0 saturated carbocycles. The van der Waals surface area contributed by atoms with Crippen LogP contribution in [0.4, 0.5) is 4.39 Å². The van der Waals surface area contributed by atoms with Crippen molar-refractivity contribution in [3.8, 4) is 5.75 Å². The molecule has 2 aromatic rings. The standard InChI is InChI=1S/C18H20FNO/c1-12(13-6-8-14(21-2)9-7-13)20-18-11-10-15-16(18)4-3-5-17(15)19/h3-9,12,18,20H,10-11H2,1-2H3/t12-,18?/m0/s1. The van der Waals surface area contributed by atoms with Crippen molar-refractivity contribution in [1.29, 1.82) is 0 Å². The zero-order valence-corrected chi connectivity index (χ0v) is 12.4. The summed E-state index contributed by atoms with van der Waals surface area (Å²) in [4.78, 5) is 0. The SMILES string of the molecule is COc1ccc([C@H](C)NC2CCc3c(F)cccc32)cc1. The molecule has 0 fully saturated rings. The molecule has 0 radical (unpaired) electrons. The van der Waals surface area contributed by atoms with Crippen molar-refractivity contribution >= 4 is 0 Å². The summed E-state index contributed by atoms with van der Waals surface area (Å²) in [7, 11) is 1.67. The number of methoxy groups -OCH3 is 1. The Balaban J connectivity index is 1.74. The lowest BCUT2D eigenvalue weighted by atomic mass is 10.0. The highest BCUT2D eigenvalue weighted by molar-refractivity contribution is 5.36. The molecule has 0 amide bonds. The Kier molecular flexibility index (Phi) is 3.93. The third-order valence-electron chi connectivity index (χ3n) is 4.28.